The minimum absolute atomic E-state index is 0.0673. The number of hydrogen-bond acceptors (Lipinski definition) is 4. The molecule has 128 valence electrons. The highest BCUT2D eigenvalue weighted by atomic mass is 16.2. The van der Waals surface area contributed by atoms with Crippen LogP contribution in [0.5, 0.6) is 0 Å². The normalized spacial score (nSPS) is 19.2. The number of rotatable bonds is 6. The first-order chi connectivity index (χ1) is 11.7. The van der Waals surface area contributed by atoms with E-state index in [-0.39, 0.29) is 17.7 Å². The molecule has 0 unspecified atom stereocenters. The Hall–Kier alpha value is -2.24. The Morgan fingerprint density at radius 2 is 2.21 bits per heavy atom. The van der Waals surface area contributed by atoms with Crippen LogP contribution in [-0.2, 0) is 11.2 Å². The van der Waals surface area contributed by atoms with Crippen molar-refractivity contribution in [3.8, 4) is 0 Å². The van der Waals surface area contributed by atoms with Crippen molar-refractivity contribution in [2.75, 3.05) is 13.1 Å². The van der Waals surface area contributed by atoms with Gasteiger partial charge in [0.05, 0.1) is 0 Å². The van der Waals surface area contributed by atoms with Gasteiger partial charge in [0.2, 0.25) is 5.91 Å². The summed E-state index contributed by atoms with van der Waals surface area (Å²) in [5, 5.41) is 14.3. The lowest BCUT2D eigenvalue weighted by Crippen LogP contribution is -2.42. The van der Waals surface area contributed by atoms with E-state index in [0.717, 1.165) is 44.5 Å². The number of hydrogen-bond donors (Lipinski definition) is 1. The first kappa shape index (κ1) is 16.6. The number of benzene rings is 1. The van der Waals surface area contributed by atoms with Crippen LogP contribution in [0.3, 0.4) is 0 Å². The summed E-state index contributed by atoms with van der Waals surface area (Å²) in [5.74, 6) is 1.26. The Morgan fingerprint density at radius 1 is 1.38 bits per heavy atom. The number of H-pyrrole nitrogens is 1. The number of aromatic nitrogens is 4. The van der Waals surface area contributed by atoms with Crippen molar-refractivity contribution in [2.24, 2.45) is 5.92 Å². The number of aromatic amines is 1. The topological polar surface area (TPSA) is 74.8 Å². The summed E-state index contributed by atoms with van der Waals surface area (Å²) < 4.78 is 0. The molecule has 1 saturated heterocycles. The molecule has 3 rings (SSSR count). The second-order valence-electron chi connectivity index (χ2n) is 6.67. The molecule has 0 spiro atoms. The van der Waals surface area contributed by atoms with Crippen molar-refractivity contribution in [1.29, 1.82) is 0 Å². The molecule has 0 saturated carbocycles. The molecule has 0 bridgehead atoms. The average Bonchev–Trinajstić information content (AvgIpc) is 3.17. The van der Waals surface area contributed by atoms with Gasteiger partial charge < -0.3 is 4.90 Å². The van der Waals surface area contributed by atoms with Gasteiger partial charge in [-0.05, 0) is 37.7 Å². The number of tetrazole rings is 1. The molecule has 24 heavy (non-hydrogen) atoms. The molecule has 1 aromatic heterocycles. The molecular weight excluding hydrogens is 302 g/mol. The van der Waals surface area contributed by atoms with Gasteiger partial charge in [-0.2, -0.15) is 5.21 Å². The largest absolute Gasteiger partial charge is 0.342 e. The van der Waals surface area contributed by atoms with Crippen LogP contribution in [0.25, 0.3) is 0 Å². The number of likely N-dealkylation sites (tertiary alicyclic amines) is 1. The van der Waals surface area contributed by atoms with Crippen LogP contribution >= 0.6 is 0 Å². The number of piperidine rings is 1. The van der Waals surface area contributed by atoms with Crippen molar-refractivity contribution in [2.45, 2.75) is 44.9 Å². The quantitative estimate of drug-likeness (QED) is 0.885. The van der Waals surface area contributed by atoms with Crippen LogP contribution in [0.2, 0.25) is 0 Å². The fourth-order valence-electron chi connectivity index (χ4n) is 3.42. The molecule has 0 aliphatic carbocycles. The summed E-state index contributed by atoms with van der Waals surface area (Å²) in [6.45, 7) is 3.60. The van der Waals surface area contributed by atoms with E-state index in [0.29, 0.717) is 6.54 Å². The molecule has 1 aromatic carbocycles. The van der Waals surface area contributed by atoms with Gasteiger partial charge in [0.15, 0.2) is 5.82 Å². The maximum atomic E-state index is 12.7. The van der Waals surface area contributed by atoms with Gasteiger partial charge in [-0.3, -0.25) is 4.79 Å². The summed E-state index contributed by atoms with van der Waals surface area (Å²) in [6.07, 6.45) is 5.02. The molecule has 1 aliphatic heterocycles. The smallest absolute Gasteiger partial charge is 0.225 e. The SMILES string of the molecule is C[C@H](CCCc1ccccc1)C(=O)N1CCC[C@@H](c2nn[nH]n2)C1. The first-order valence-corrected chi connectivity index (χ1v) is 8.80. The van der Waals surface area contributed by atoms with E-state index < -0.39 is 0 Å². The lowest BCUT2D eigenvalue weighted by atomic mass is 9.94. The standard InChI is InChI=1S/C18H25N5O/c1-14(7-5-10-15-8-3-2-4-9-15)18(24)23-12-6-11-16(13-23)17-19-21-22-20-17/h2-4,8-9,14,16H,5-7,10-13H2,1H3,(H,19,20,21,22)/t14-,16-/m1/s1. The summed E-state index contributed by atoms with van der Waals surface area (Å²) in [4.78, 5) is 14.7. The molecule has 2 aromatic rings. The maximum Gasteiger partial charge on any atom is 0.225 e. The Morgan fingerprint density at radius 3 is 2.96 bits per heavy atom. The Labute approximate surface area is 142 Å². The van der Waals surface area contributed by atoms with Crippen LogP contribution in [-0.4, -0.2) is 44.5 Å². The number of amides is 1. The molecule has 1 N–H and O–H groups in total. The molecule has 1 amide bonds. The highest BCUT2D eigenvalue weighted by molar-refractivity contribution is 5.78. The second kappa shape index (κ2) is 8.04. The summed E-state index contributed by atoms with van der Waals surface area (Å²) in [5.41, 5.74) is 1.34. The van der Waals surface area contributed by atoms with Gasteiger partial charge in [0.25, 0.3) is 0 Å². The van der Waals surface area contributed by atoms with E-state index >= 15 is 0 Å². The zero-order chi connectivity index (χ0) is 16.8. The van der Waals surface area contributed by atoms with Crippen molar-refractivity contribution in [3.63, 3.8) is 0 Å². The zero-order valence-electron chi connectivity index (χ0n) is 14.2. The van der Waals surface area contributed by atoms with Crippen molar-refractivity contribution in [1.82, 2.24) is 25.5 Å². The van der Waals surface area contributed by atoms with E-state index in [9.17, 15) is 4.79 Å². The maximum absolute atomic E-state index is 12.7. The third-order valence-electron chi connectivity index (χ3n) is 4.83. The van der Waals surface area contributed by atoms with Gasteiger partial charge in [-0.1, -0.05) is 42.5 Å². The van der Waals surface area contributed by atoms with Crippen LogP contribution < -0.4 is 0 Å². The molecule has 2 atom stereocenters. The Bertz CT molecular complexity index is 628. The highest BCUT2D eigenvalue weighted by Gasteiger charge is 2.29. The summed E-state index contributed by atoms with van der Waals surface area (Å²) in [7, 11) is 0. The fourth-order valence-corrected chi connectivity index (χ4v) is 3.42. The molecule has 2 heterocycles. The lowest BCUT2D eigenvalue weighted by molar-refractivity contribution is -0.136. The predicted octanol–water partition coefficient (Wildman–Crippen LogP) is 2.56. The second-order valence-corrected chi connectivity index (χ2v) is 6.67. The minimum Gasteiger partial charge on any atom is -0.342 e. The molecule has 0 radical (unpaired) electrons. The van der Waals surface area contributed by atoms with Crippen LogP contribution in [0.4, 0.5) is 0 Å². The number of carbonyl (C=O) groups is 1. The van der Waals surface area contributed by atoms with Gasteiger partial charge in [0, 0.05) is 24.9 Å². The zero-order valence-corrected chi connectivity index (χ0v) is 14.2. The summed E-state index contributed by atoms with van der Waals surface area (Å²) >= 11 is 0. The minimum atomic E-state index is 0.0673. The lowest BCUT2D eigenvalue weighted by Gasteiger charge is -2.33. The van der Waals surface area contributed by atoms with E-state index in [4.69, 9.17) is 0 Å². The van der Waals surface area contributed by atoms with Gasteiger partial charge in [0.1, 0.15) is 0 Å². The number of nitrogens with one attached hydrogen (secondary N) is 1. The molecular formula is C18H25N5O. The van der Waals surface area contributed by atoms with Crippen LogP contribution in [0.1, 0.15) is 49.9 Å². The van der Waals surface area contributed by atoms with Gasteiger partial charge in [-0.15, -0.1) is 10.2 Å². The van der Waals surface area contributed by atoms with Crippen molar-refractivity contribution < 1.29 is 4.79 Å². The van der Waals surface area contributed by atoms with Gasteiger partial charge in [-0.25, -0.2) is 0 Å². The summed E-state index contributed by atoms with van der Waals surface area (Å²) in [6, 6.07) is 10.5. The number of aryl methyl sites for hydroxylation is 1. The number of carbonyl (C=O) groups excluding carboxylic acids is 1. The molecule has 6 nitrogen and oxygen atoms in total. The van der Waals surface area contributed by atoms with Crippen LogP contribution in [0, 0.1) is 5.92 Å². The third-order valence-corrected chi connectivity index (χ3v) is 4.83. The van der Waals surface area contributed by atoms with Gasteiger partial charge >= 0.3 is 0 Å². The van der Waals surface area contributed by atoms with Crippen molar-refractivity contribution >= 4 is 5.91 Å². The van der Waals surface area contributed by atoms with E-state index in [2.05, 4.69) is 44.9 Å². The first-order valence-electron chi connectivity index (χ1n) is 8.80. The monoisotopic (exact) mass is 327 g/mol. The van der Waals surface area contributed by atoms with Crippen LogP contribution in [0.15, 0.2) is 30.3 Å². The van der Waals surface area contributed by atoms with E-state index in [1.165, 1.54) is 5.56 Å². The van der Waals surface area contributed by atoms with Crippen molar-refractivity contribution in [3.05, 3.63) is 41.7 Å². The predicted molar refractivity (Wildman–Crippen MR) is 91.3 cm³/mol. The number of nitrogens with zero attached hydrogens (tertiary/aromatic N) is 4. The highest BCUT2D eigenvalue weighted by Crippen LogP contribution is 2.25. The Balaban J connectivity index is 1.48. The fraction of sp³-hybridized carbons (Fsp3) is 0.556. The molecule has 1 aliphatic rings. The average molecular weight is 327 g/mol. The third kappa shape index (κ3) is 4.19. The van der Waals surface area contributed by atoms with E-state index in [1.807, 2.05) is 17.9 Å². The molecule has 1 fully saturated rings. The molecule has 6 heteroatoms. The Kier molecular flexibility index (Phi) is 5.56. The van der Waals surface area contributed by atoms with E-state index in [1.54, 1.807) is 0 Å².